The van der Waals surface area contributed by atoms with Crippen LogP contribution >= 0.6 is 0 Å². The lowest BCUT2D eigenvalue weighted by atomic mass is 10.0. The topological polar surface area (TPSA) is 114 Å². The first-order valence-electron chi connectivity index (χ1n) is 9.02. The van der Waals surface area contributed by atoms with Crippen LogP contribution in [0.15, 0.2) is 36.5 Å². The van der Waals surface area contributed by atoms with Gasteiger partial charge in [0.05, 0.1) is 12.6 Å². The molecule has 2 atom stereocenters. The van der Waals surface area contributed by atoms with Gasteiger partial charge in [-0.25, -0.2) is 4.79 Å². The molecule has 0 saturated carbocycles. The molecule has 0 aliphatic carbocycles. The Morgan fingerprint density at radius 3 is 2.79 bits per heavy atom. The van der Waals surface area contributed by atoms with E-state index in [9.17, 15) is 20.0 Å². The summed E-state index contributed by atoms with van der Waals surface area (Å²) >= 11 is 0. The Morgan fingerprint density at radius 1 is 1.39 bits per heavy atom. The third-order valence-electron chi connectivity index (χ3n) is 5.21. The molecule has 28 heavy (non-hydrogen) atoms. The van der Waals surface area contributed by atoms with Crippen molar-refractivity contribution in [3.63, 3.8) is 0 Å². The van der Waals surface area contributed by atoms with Crippen LogP contribution in [0.25, 0.3) is 0 Å². The Balaban J connectivity index is 1.47. The van der Waals surface area contributed by atoms with Crippen molar-refractivity contribution in [2.45, 2.75) is 25.1 Å². The van der Waals surface area contributed by atoms with Crippen LogP contribution in [0.2, 0.25) is 0 Å². The fraction of sp³-hybridized carbons (Fsp3) is 0.444. The number of nitro groups is 1. The van der Waals surface area contributed by atoms with Crippen LogP contribution in [0.4, 0.5) is 10.6 Å². The molecule has 0 spiro atoms. The molecule has 10 heteroatoms. The van der Waals surface area contributed by atoms with Crippen LogP contribution in [-0.4, -0.2) is 67.3 Å². The van der Waals surface area contributed by atoms with E-state index in [1.165, 1.54) is 11.1 Å². The molecular weight excluding hydrogens is 366 g/mol. The van der Waals surface area contributed by atoms with Gasteiger partial charge >= 0.3 is 17.9 Å². The quantitative estimate of drug-likeness (QED) is 0.630. The van der Waals surface area contributed by atoms with Gasteiger partial charge in [0, 0.05) is 31.2 Å². The highest BCUT2D eigenvalue weighted by Crippen LogP contribution is 2.33. The van der Waals surface area contributed by atoms with Crippen molar-refractivity contribution in [2.75, 3.05) is 26.2 Å². The van der Waals surface area contributed by atoms with Gasteiger partial charge in [0.25, 0.3) is 0 Å². The third kappa shape index (κ3) is 3.38. The SMILES string of the molecule is CC1(CN2CCN(C(=O)O)C(c3ccccc3)C2)Cn2cc([N+](=O)[O-])nc2O1. The summed E-state index contributed by atoms with van der Waals surface area (Å²) in [6.45, 7) is 4.52. The summed E-state index contributed by atoms with van der Waals surface area (Å²) in [5, 5.41) is 20.4. The number of benzene rings is 1. The summed E-state index contributed by atoms with van der Waals surface area (Å²) < 4.78 is 7.57. The predicted octanol–water partition coefficient (Wildman–Crippen LogP) is 1.98. The Hall–Kier alpha value is -3.14. The van der Waals surface area contributed by atoms with Crippen molar-refractivity contribution in [3.8, 4) is 6.01 Å². The zero-order chi connectivity index (χ0) is 19.9. The van der Waals surface area contributed by atoms with E-state index in [4.69, 9.17) is 4.74 Å². The number of rotatable bonds is 4. The van der Waals surface area contributed by atoms with Gasteiger partial charge in [0.2, 0.25) is 0 Å². The summed E-state index contributed by atoms with van der Waals surface area (Å²) in [5.74, 6) is -0.226. The lowest BCUT2D eigenvalue weighted by Crippen LogP contribution is -2.54. The van der Waals surface area contributed by atoms with Crippen molar-refractivity contribution >= 4 is 11.9 Å². The molecular formula is C18H21N5O5. The Kier molecular flexibility index (Phi) is 4.42. The fourth-order valence-electron chi connectivity index (χ4n) is 4.01. The van der Waals surface area contributed by atoms with Crippen molar-refractivity contribution in [3.05, 3.63) is 52.2 Å². The first kappa shape index (κ1) is 18.2. The van der Waals surface area contributed by atoms with Crippen LogP contribution in [0, 0.1) is 10.1 Å². The molecule has 2 aliphatic rings. The van der Waals surface area contributed by atoms with Crippen LogP contribution in [-0.2, 0) is 6.54 Å². The fourth-order valence-corrected chi connectivity index (χ4v) is 4.01. The first-order valence-corrected chi connectivity index (χ1v) is 9.02. The van der Waals surface area contributed by atoms with Gasteiger partial charge in [-0.05, 0) is 17.4 Å². The zero-order valence-corrected chi connectivity index (χ0v) is 15.4. The number of fused-ring (bicyclic) bond motifs is 1. The number of carboxylic acid groups (broad SMARTS) is 1. The van der Waals surface area contributed by atoms with E-state index in [2.05, 4.69) is 9.88 Å². The molecule has 4 rings (SSSR count). The molecule has 1 aromatic heterocycles. The second-order valence-electron chi connectivity index (χ2n) is 7.46. The van der Waals surface area contributed by atoms with Gasteiger partial charge in [-0.1, -0.05) is 30.3 Å². The molecule has 1 amide bonds. The van der Waals surface area contributed by atoms with Gasteiger partial charge in [-0.2, -0.15) is 0 Å². The normalized spacial score (nSPS) is 24.6. The Labute approximate surface area is 161 Å². The maximum Gasteiger partial charge on any atom is 0.415 e. The standard InChI is InChI=1S/C18H21N5O5/c1-18(12-21-10-15(23(26)27)19-16(21)28-18)11-20-7-8-22(17(24)25)14(9-20)13-5-3-2-4-6-13/h2-6,10,14H,7-9,11-12H2,1H3,(H,24,25). The second-order valence-corrected chi connectivity index (χ2v) is 7.46. The Bertz CT molecular complexity index is 876. The van der Waals surface area contributed by atoms with Crippen LogP contribution in [0.5, 0.6) is 6.01 Å². The maximum atomic E-state index is 11.7. The van der Waals surface area contributed by atoms with Gasteiger partial charge in [-0.15, -0.1) is 0 Å². The molecule has 3 heterocycles. The monoisotopic (exact) mass is 387 g/mol. The minimum absolute atomic E-state index is 0.226. The minimum Gasteiger partial charge on any atom is -0.465 e. The Morgan fingerprint density at radius 2 is 2.14 bits per heavy atom. The van der Waals surface area contributed by atoms with Crippen LogP contribution in [0.1, 0.15) is 18.5 Å². The lowest BCUT2D eigenvalue weighted by molar-refractivity contribution is -0.389. The summed E-state index contributed by atoms with van der Waals surface area (Å²) in [6, 6.07) is 9.58. The van der Waals surface area contributed by atoms with Gasteiger partial charge in [0.15, 0.2) is 0 Å². The number of nitrogens with zero attached hydrogens (tertiary/aromatic N) is 5. The molecule has 1 N–H and O–H groups in total. The summed E-state index contributed by atoms with van der Waals surface area (Å²) in [6.07, 6.45) is 0.458. The number of hydrogen-bond donors (Lipinski definition) is 1. The van der Waals surface area contributed by atoms with E-state index in [0.29, 0.717) is 32.7 Å². The van der Waals surface area contributed by atoms with Crippen molar-refractivity contribution in [1.29, 1.82) is 0 Å². The van der Waals surface area contributed by atoms with E-state index in [1.54, 1.807) is 4.57 Å². The number of imidazole rings is 1. The molecule has 2 aliphatic heterocycles. The van der Waals surface area contributed by atoms with Crippen molar-refractivity contribution in [2.24, 2.45) is 0 Å². The highest BCUT2D eigenvalue weighted by Gasteiger charge is 2.43. The zero-order valence-electron chi connectivity index (χ0n) is 15.4. The average molecular weight is 387 g/mol. The highest BCUT2D eigenvalue weighted by molar-refractivity contribution is 5.66. The number of amides is 1. The lowest BCUT2D eigenvalue weighted by Gasteiger charge is -2.42. The van der Waals surface area contributed by atoms with E-state index in [-0.39, 0.29) is 17.9 Å². The summed E-state index contributed by atoms with van der Waals surface area (Å²) in [5.41, 5.74) is 0.375. The number of aromatic nitrogens is 2. The molecule has 1 aromatic carbocycles. The maximum absolute atomic E-state index is 11.7. The van der Waals surface area contributed by atoms with Crippen molar-refractivity contribution < 1.29 is 19.6 Å². The molecule has 1 fully saturated rings. The van der Waals surface area contributed by atoms with E-state index >= 15 is 0 Å². The first-order chi connectivity index (χ1) is 13.3. The van der Waals surface area contributed by atoms with Gasteiger partial charge in [-0.3, -0.25) is 14.4 Å². The third-order valence-corrected chi connectivity index (χ3v) is 5.21. The predicted molar refractivity (Wildman–Crippen MR) is 98.3 cm³/mol. The van der Waals surface area contributed by atoms with E-state index in [1.807, 2.05) is 37.3 Å². The highest BCUT2D eigenvalue weighted by atomic mass is 16.6. The molecule has 0 bridgehead atoms. The van der Waals surface area contributed by atoms with Crippen LogP contribution in [0.3, 0.4) is 0 Å². The number of piperazine rings is 1. The minimum atomic E-state index is -0.927. The van der Waals surface area contributed by atoms with Crippen LogP contribution < -0.4 is 4.74 Å². The molecule has 2 aromatic rings. The molecule has 0 radical (unpaired) electrons. The molecule has 148 valence electrons. The van der Waals surface area contributed by atoms with Crippen molar-refractivity contribution in [1.82, 2.24) is 19.4 Å². The van der Waals surface area contributed by atoms with Gasteiger partial charge in [0.1, 0.15) is 11.8 Å². The van der Waals surface area contributed by atoms with Gasteiger partial charge < -0.3 is 20.0 Å². The smallest absolute Gasteiger partial charge is 0.415 e. The number of ether oxygens (including phenoxy) is 1. The average Bonchev–Trinajstić information content (AvgIpc) is 3.17. The molecule has 1 saturated heterocycles. The molecule has 2 unspecified atom stereocenters. The number of hydrogen-bond acceptors (Lipinski definition) is 6. The van der Waals surface area contributed by atoms with E-state index in [0.717, 1.165) is 5.56 Å². The second kappa shape index (κ2) is 6.79. The summed E-state index contributed by atoms with van der Waals surface area (Å²) in [4.78, 5) is 29.5. The van der Waals surface area contributed by atoms with E-state index < -0.39 is 16.6 Å². The largest absolute Gasteiger partial charge is 0.465 e. The number of carbonyl (C=O) groups is 1. The molecule has 10 nitrogen and oxygen atoms in total. The summed E-state index contributed by atoms with van der Waals surface area (Å²) in [7, 11) is 0.